The summed E-state index contributed by atoms with van der Waals surface area (Å²) in [6, 6.07) is 0.750. The minimum atomic E-state index is 0.750. The Morgan fingerprint density at radius 3 is 2.53 bits per heavy atom. The van der Waals surface area contributed by atoms with Crippen LogP contribution in [-0.2, 0) is 0 Å². The highest BCUT2D eigenvalue weighted by molar-refractivity contribution is 4.81. The van der Waals surface area contributed by atoms with Crippen LogP contribution in [0.1, 0.15) is 40.5 Å². The van der Waals surface area contributed by atoms with E-state index in [4.69, 9.17) is 0 Å². The summed E-state index contributed by atoms with van der Waals surface area (Å²) in [6.07, 6.45) is 2.65. The summed E-state index contributed by atoms with van der Waals surface area (Å²) < 4.78 is 0. The molecule has 0 aliphatic carbocycles. The second-order valence-electron chi connectivity index (χ2n) is 5.11. The Labute approximate surface area is 95.4 Å². The second-order valence-corrected chi connectivity index (χ2v) is 5.11. The molecule has 2 heteroatoms. The van der Waals surface area contributed by atoms with E-state index in [9.17, 15) is 0 Å². The molecule has 1 heterocycles. The fourth-order valence-corrected chi connectivity index (χ4v) is 2.47. The maximum atomic E-state index is 3.48. The van der Waals surface area contributed by atoms with Crippen molar-refractivity contribution < 1.29 is 0 Å². The molecule has 1 aliphatic heterocycles. The van der Waals surface area contributed by atoms with Crippen molar-refractivity contribution in [3.05, 3.63) is 0 Å². The molecular weight excluding hydrogens is 184 g/mol. The lowest BCUT2D eigenvalue weighted by Gasteiger charge is -2.40. The van der Waals surface area contributed by atoms with Crippen molar-refractivity contribution in [2.24, 2.45) is 11.8 Å². The van der Waals surface area contributed by atoms with E-state index >= 15 is 0 Å². The average molecular weight is 212 g/mol. The molecule has 0 amide bonds. The molecule has 1 fully saturated rings. The highest BCUT2D eigenvalue weighted by atomic mass is 15.2. The van der Waals surface area contributed by atoms with Crippen LogP contribution in [0.3, 0.4) is 0 Å². The molecule has 1 N–H and O–H groups in total. The van der Waals surface area contributed by atoms with Crippen LogP contribution < -0.4 is 5.32 Å². The lowest BCUT2D eigenvalue weighted by atomic mass is 9.87. The Morgan fingerprint density at radius 2 is 2.00 bits per heavy atom. The van der Waals surface area contributed by atoms with Crippen LogP contribution in [0, 0.1) is 11.8 Å². The highest BCUT2D eigenvalue weighted by Gasteiger charge is 2.26. The molecule has 0 saturated carbocycles. The Balaban J connectivity index is 2.39. The molecule has 3 unspecified atom stereocenters. The minimum absolute atomic E-state index is 0.750. The normalized spacial score (nSPS) is 30.4. The first-order valence-corrected chi connectivity index (χ1v) is 6.63. The summed E-state index contributed by atoms with van der Waals surface area (Å²) in [5, 5.41) is 3.48. The first-order valence-electron chi connectivity index (χ1n) is 6.63. The van der Waals surface area contributed by atoms with Gasteiger partial charge in [-0.25, -0.2) is 0 Å². The van der Waals surface area contributed by atoms with Crippen molar-refractivity contribution in [3.63, 3.8) is 0 Å². The average Bonchev–Trinajstić information content (AvgIpc) is 2.24. The minimum Gasteiger partial charge on any atom is -0.315 e. The van der Waals surface area contributed by atoms with Gasteiger partial charge in [0.05, 0.1) is 0 Å². The van der Waals surface area contributed by atoms with Gasteiger partial charge in [-0.15, -0.1) is 0 Å². The van der Waals surface area contributed by atoms with Crippen LogP contribution in [0.2, 0.25) is 0 Å². The quantitative estimate of drug-likeness (QED) is 0.752. The second kappa shape index (κ2) is 6.49. The van der Waals surface area contributed by atoms with E-state index in [1.165, 1.54) is 25.9 Å². The van der Waals surface area contributed by atoms with E-state index in [-0.39, 0.29) is 0 Å². The molecule has 0 aromatic heterocycles. The van der Waals surface area contributed by atoms with Crippen molar-refractivity contribution in [3.8, 4) is 0 Å². The van der Waals surface area contributed by atoms with Crippen LogP contribution in [0.5, 0.6) is 0 Å². The zero-order valence-electron chi connectivity index (χ0n) is 10.9. The Morgan fingerprint density at radius 1 is 1.27 bits per heavy atom. The summed E-state index contributed by atoms with van der Waals surface area (Å²) in [4.78, 5) is 2.69. The Hall–Kier alpha value is -0.0800. The molecule has 1 aliphatic rings. The number of nitrogens with one attached hydrogen (secondary N) is 1. The predicted octanol–water partition coefficient (Wildman–Crippen LogP) is 2.35. The van der Waals surface area contributed by atoms with Crippen molar-refractivity contribution in [1.29, 1.82) is 0 Å². The zero-order chi connectivity index (χ0) is 11.3. The lowest BCUT2D eigenvalue weighted by molar-refractivity contribution is 0.0927. The van der Waals surface area contributed by atoms with Gasteiger partial charge in [-0.3, -0.25) is 4.90 Å². The smallest absolute Gasteiger partial charge is 0.0218 e. The third-order valence-corrected chi connectivity index (χ3v) is 3.98. The van der Waals surface area contributed by atoms with Crippen molar-refractivity contribution in [2.45, 2.75) is 46.6 Å². The first-order chi connectivity index (χ1) is 7.19. The summed E-state index contributed by atoms with van der Waals surface area (Å²) in [6.45, 7) is 14.1. The van der Waals surface area contributed by atoms with E-state index in [0.29, 0.717) is 0 Å². The highest BCUT2D eigenvalue weighted by Crippen LogP contribution is 2.24. The van der Waals surface area contributed by atoms with E-state index in [1.54, 1.807) is 0 Å². The standard InChI is InChI=1S/C13H28N2/c1-5-13(9-14-6-2)15-8-7-11(3)12(4)10-15/h11-14H,5-10H2,1-4H3. The number of likely N-dealkylation sites (N-methyl/N-ethyl adjacent to an activating group) is 1. The molecular formula is C13H28N2. The van der Waals surface area contributed by atoms with Gasteiger partial charge in [-0.2, -0.15) is 0 Å². The molecule has 0 aromatic rings. The fourth-order valence-electron chi connectivity index (χ4n) is 2.47. The van der Waals surface area contributed by atoms with Crippen LogP contribution in [0.4, 0.5) is 0 Å². The topological polar surface area (TPSA) is 15.3 Å². The third kappa shape index (κ3) is 3.76. The van der Waals surface area contributed by atoms with Gasteiger partial charge in [0.1, 0.15) is 0 Å². The van der Waals surface area contributed by atoms with Crippen molar-refractivity contribution in [2.75, 3.05) is 26.2 Å². The van der Waals surface area contributed by atoms with Gasteiger partial charge in [0.2, 0.25) is 0 Å². The summed E-state index contributed by atoms with van der Waals surface area (Å²) in [5.41, 5.74) is 0. The number of nitrogens with zero attached hydrogens (tertiary/aromatic N) is 1. The van der Waals surface area contributed by atoms with E-state index in [2.05, 4.69) is 37.9 Å². The SMILES string of the molecule is CCNCC(CC)N1CCC(C)C(C)C1. The fraction of sp³-hybridized carbons (Fsp3) is 1.00. The molecule has 15 heavy (non-hydrogen) atoms. The van der Waals surface area contributed by atoms with Gasteiger partial charge in [0.15, 0.2) is 0 Å². The van der Waals surface area contributed by atoms with Gasteiger partial charge in [0.25, 0.3) is 0 Å². The van der Waals surface area contributed by atoms with Crippen molar-refractivity contribution in [1.82, 2.24) is 10.2 Å². The number of rotatable bonds is 5. The monoisotopic (exact) mass is 212 g/mol. The largest absolute Gasteiger partial charge is 0.315 e. The number of likely N-dealkylation sites (tertiary alicyclic amines) is 1. The Bertz CT molecular complexity index is 170. The van der Waals surface area contributed by atoms with Gasteiger partial charge in [-0.1, -0.05) is 27.7 Å². The molecule has 0 bridgehead atoms. The van der Waals surface area contributed by atoms with Crippen LogP contribution in [0.25, 0.3) is 0 Å². The molecule has 1 saturated heterocycles. The first kappa shape index (κ1) is 13.0. The third-order valence-electron chi connectivity index (χ3n) is 3.98. The molecule has 0 spiro atoms. The number of hydrogen-bond donors (Lipinski definition) is 1. The van der Waals surface area contributed by atoms with Crippen LogP contribution in [-0.4, -0.2) is 37.1 Å². The molecule has 90 valence electrons. The maximum Gasteiger partial charge on any atom is 0.0218 e. The van der Waals surface area contributed by atoms with Crippen molar-refractivity contribution >= 4 is 0 Å². The van der Waals surface area contributed by atoms with Crippen LogP contribution in [0.15, 0.2) is 0 Å². The molecule has 3 atom stereocenters. The Kier molecular flexibility index (Phi) is 5.62. The molecule has 0 radical (unpaired) electrons. The molecule has 1 rings (SSSR count). The summed E-state index contributed by atoms with van der Waals surface area (Å²) in [7, 11) is 0. The van der Waals surface area contributed by atoms with Gasteiger partial charge >= 0.3 is 0 Å². The predicted molar refractivity (Wildman–Crippen MR) is 67.1 cm³/mol. The molecule has 0 aromatic carbocycles. The molecule has 2 nitrogen and oxygen atoms in total. The summed E-state index contributed by atoms with van der Waals surface area (Å²) >= 11 is 0. The van der Waals surface area contributed by atoms with Crippen LogP contribution >= 0.6 is 0 Å². The number of piperidine rings is 1. The van der Waals surface area contributed by atoms with E-state index < -0.39 is 0 Å². The van der Waals surface area contributed by atoms with Gasteiger partial charge < -0.3 is 5.32 Å². The van der Waals surface area contributed by atoms with E-state index in [0.717, 1.165) is 31.0 Å². The van der Waals surface area contributed by atoms with Gasteiger partial charge in [-0.05, 0) is 37.8 Å². The number of hydrogen-bond acceptors (Lipinski definition) is 2. The van der Waals surface area contributed by atoms with E-state index in [1.807, 2.05) is 0 Å². The summed E-state index contributed by atoms with van der Waals surface area (Å²) in [5.74, 6) is 1.78. The zero-order valence-corrected chi connectivity index (χ0v) is 10.9. The van der Waals surface area contributed by atoms with Gasteiger partial charge in [0, 0.05) is 19.1 Å². The lowest BCUT2D eigenvalue weighted by Crippen LogP contribution is -2.48. The maximum absolute atomic E-state index is 3.48.